The smallest absolute Gasteiger partial charge is 0.272 e. The number of rotatable bonds is 8. The van der Waals surface area contributed by atoms with Crippen LogP contribution in [0.5, 0.6) is 5.75 Å². The fraction of sp³-hybridized carbons (Fsp3) is 0.370. The minimum absolute atomic E-state index is 0.109. The van der Waals surface area contributed by atoms with Crippen LogP contribution in [0.25, 0.3) is 0 Å². The standard InChI is InChI=1S/C27H30N4O2/c1-19-15-31(16-20-7-11-24(12-8-20)33-18-21-5-3-2-4-6-21)17-26(19)29-27(32)25-13-23(14-28-30-25)22-9-10-22/h2-8,11-14,19,22,26H,9-10,15-18H2,1H3,(H,29,32)/t19-,26-/m0/s1. The Bertz CT molecular complexity index is 1080. The van der Waals surface area contributed by atoms with Gasteiger partial charge in [-0.3, -0.25) is 9.69 Å². The molecule has 33 heavy (non-hydrogen) atoms. The number of carbonyl (C=O) groups excluding carboxylic acids is 1. The van der Waals surface area contributed by atoms with Gasteiger partial charge in [-0.1, -0.05) is 49.4 Å². The Morgan fingerprint density at radius 1 is 1.06 bits per heavy atom. The minimum atomic E-state index is -0.122. The van der Waals surface area contributed by atoms with Crippen LogP contribution in [0.4, 0.5) is 0 Å². The highest BCUT2D eigenvalue weighted by Gasteiger charge is 2.31. The lowest BCUT2D eigenvalue weighted by atomic mass is 10.1. The van der Waals surface area contributed by atoms with Crippen LogP contribution in [0.1, 0.15) is 52.9 Å². The van der Waals surface area contributed by atoms with Gasteiger partial charge in [-0.25, -0.2) is 0 Å². The normalized spacial score (nSPS) is 20.5. The highest BCUT2D eigenvalue weighted by atomic mass is 16.5. The predicted octanol–water partition coefficient (Wildman–Crippen LogP) is 4.18. The van der Waals surface area contributed by atoms with Crippen molar-refractivity contribution in [2.75, 3.05) is 13.1 Å². The second-order valence-electron chi connectivity index (χ2n) is 9.32. The molecule has 1 aromatic heterocycles. The molecule has 0 unspecified atom stereocenters. The molecule has 1 saturated heterocycles. The Labute approximate surface area is 195 Å². The molecule has 0 spiro atoms. The maximum atomic E-state index is 12.8. The molecule has 5 rings (SSSR count). The summed E-state index contributed by atoms with van der Waals surface area (Å²) in [4.78, 5) is 15.2. The fourth-order valence-corrected chi connectivity index (χ4v) is 4.45. The van der Waals surface area contributed by atoms with Crippen LogP contribution in [0.3, 0.4) is 0 Å². The molecule has 0 radical (unpaired) electrons. The molecule has 6 nitrogen and oxygen atoms in total. The van der Waals surface area contributed by atoms with E-state index in [0.717, 1.165) is 36.5 Å². The minimum Gasteiger partial charge on any atom is -0.489 e. The number of ether oxygens (including phenoxy) is 1. The van der Waals surface area contributed by atoms with E-state index in [-0.39, 0.29) is 11.9 Å². The third-order valence-electron chi connectivity index (χ3n) is 6.54. The quantitative estimate of drug-likeness (QED) is 0.567. The molecule has 170 valence electrons. The maximum Gasteiger partial charge on any atom is 0.272 e. The molecule has 1 aliphatic heterocycles. The number of carbonyl (C=O) groups is 1. The number of aromatic nitrogens is 2. The Morgan fingerprint density at radius 3 is 2.61 bits per heavy atom. The van der Waals surface area contributed by atoms with Crippen LogP contribution in [-0.2, 0) is 13.2 Å². The summed E-state index contributed by atoms with van der Waals surface area (Å²) >= 11 is 0. The lowest BCUT2D eigenvalue weighted by Gasteiger charge is -2.17. The van der Waals surface area contributed by atoms with E-state index in [4.69, 9.17) is 4.74 Å². The zero-order chi connectivity index (χ0) is 22.6. The monoisotopic (exact) mass is 442 g/mol. The molecule has 6 heteroatoms. The van der Waals surface area contributed by atoms with Gasteiger partial charge in [-0.15, -0.1) is 5.10 Å². The van der Waals surface area contributed by atoms with E-state index in [2.05, 4.69) is 51.6 Å². The second-order valence-corrected chi connectivity index (χ2v) is 9.32. The van der Waals surface area contributed by atoms with Crippen molar-refractivity contribution in [3.05, 3.63) is 89.2 Å². The van der Waals surface area contributed by atoms with Crippen molar-refractivity contribution in [2.24, 2.45) is 5.92 Å². The van der Waals surface area contributed by atoms with Crippen LogP contribution < -0.4 is 10.1 Å². The van der Waals surface area contributed by atoms with Gasteiger partial charge in [0.2, 0.25) is 0 Å². The summed E-state index contributed by atoms with van der Waals surface area (Å²) in [6.45, 7) is 5.39. The molecule has 0 bridgehead atoms. The first-order valence-electron chi connectivity index (χ1n) is 11.8. The van der Waals surface area contributed by atoms with E-state index in [9.17, 15) is 4.79 Å². The van der Waals surface area contributed by atoms with Gasteiger partial charge in [-0.05, 0) is 59.6 Å². The summed E-state index contributed by atoms with van der Waals surface area (Å²) < 4.78 is 5.89. The first-order valence-corrected chi connectivity index (χ1v) is 11.8. The topological polar surface area (TPSA) is 67.3 Å². The summed E-state index contributed by atoms with van der Waals surface area (Å²) in [6, 6.07) is 20.5. The summed E-state index contributed by atoms with van der Waals surface area (Å²) in [6.07, 6.45) is 4.15. The van der Waals surface area contributed by atoms with Crippen molar-refractivity contribution in [3.8, 4) is 5.75 Å². The van der Waals surface area contributed by atoms with E-state index >= 15 is 0 Å². The SMILES string of the molecule is C[C@H]1CN(Cc2ccc(OCc3ccccc3)cc2)C[C@@H]1NC(=O)c1cc(C2CC2)cnn1. The Morgan fingerprint density at radius 2 is 1.85 bits per heavy atom. The van der Waals surface area contributed by atoms with Gasteiger partial charge >= 0.3 is 0 Å². The zero-order valence-corrected chi connectivity index (χ0v) is 19.0. The van der Waals surface area contributed by atoms with E-state index in [1.54, 1.807) is 6.20 Å². The lowest BCUT2D eigenvalue weighted by molar-refractivity contribution is 0.0925. The molecule has 1 amide bonds. The number of hydrogen-bond donors (Lipinski definition) is 1. The molecular weight excluding hydrogens is 412 g/mol. The van der Waals surface area contributed by atoms with Crippen LogP contribution in [0.15, 0.2) is 66.9 Å². The van der Waals surface area contributed by atoms with Gasteiger partial charge in [0, 0.05) is 25.7 Å². The van der Waals surface area contributed by atoms with Crippen LogP contribution in [0.2, 0.25) is 0 Å². The third-order valence-corrected chi connectivity index (χ3v) is 6.54. The summed E-state index contributed by atoms with van der Waals surface area (Å²) in [5.41, 5.74) is 3.96. The van der Waals surface area contributed by atoms with Crippen molar-refractivity contribution in [1.82, 2.24) is 20.4 Å². The van der Waals surface area contributed by atoms with Gasteiger partial charge in [-0.2, -0.15) is 5.10 Å². The van der Waals surface area contributed by atoms with Crippen LogP contribution >= 0.6 is 0 Å². The first-order chi connectivity index (χ1) is 16.1. The van der Waals surface area contributed by atoms with Gasteiger partial charge < -0.3 is 10.1 Å². The largest absolute Gasteiger partial charge is 0.489 e. The molecule has 1 aliphatic carbocycles. The van der Waals surface area contributed by atoms with Crippen molar-refractivity contribution < 1.29 is 9.53 Å². The summed E-state index contributed by atoms with van der Waals surface area (Å²) in [5, 5.41) is 11.3. The molecule has 2 atom stereocenters. The highest BCUT2D eigenvalue weighted by molar-refractivity contribution is 5.92. The average molecular weight is 443 g/mol. The highest BCUT2D eigenvalue weighted by Crippen LogP contribution is 2.39. The zero-order valence-electron chi connectivity index (χ0n) is 19.0. The molecular formula is C27H30N4O2. The van der Waals surface area contributed by atoms with Crippen LogP contribution in [-0.4, -0.2) is 40.1 Å². The summed E-state index contributed by atoms with van der Waals surface area (Å²) in [7, 11) is 0. The van der Waals surface area contributed by atoms with Crippen molar-refractivity contribution in [2.45, 2.75) is 44.9 Å². The van der Waals surface area contributed by atoms with Crippen LogP contribution in [0, 0.1) is 5.92 Å². The van der Waals surface area contributed by atoms with Gasteiger partial charge in [0.1, 0.15) is 12.4 Å². The van der Waals surface area contributed by atoms with Gasteiger partial charge in [0.05, 0.1) is 6.20 Å². The number of benzene rings is 2. The number of nitrogens with zero attached hydrogens (tertiary/aromatic N) is 3. The lowest BCUT2D eigenvalue weighted by Crippen LogP contribution is -2.40. The molecule has 1 N–H and O–H groups in total. The molecule has 3 aromatic rings. The van der Waals surface area contributed by atoms with Crippen molar-refractivity contribution in [1.29, 1.82) is 0 Å². The fourth-order valence-electron chi connectivity index (χ4n) is 4.45. The van der Waals surface area contributed by atoms with E-state index in [1.807, 2.05) is 36.4 Å². The van der Waals surface area contributed by atoms with Crippen molar-refractivity contribution >= 4 is 5.91 Å². The second kappa shape index (κ2) is 9.71. The molecule has 2 fully saturated rings. The van der Waals surface area contributed by atoms with Gasteiger partial charge in [0.25, 0.3) is 5.91 Å². The maximum absolute atomic E-state index is 12.8. The molecule has 1 saturated carbocycles. The van der Waals surface area contributed by atoms with Crippen molar-refractivity contribution in [3.63, 3.8) is 0 Å². The van der Waals surface area contributed by atoms with E-state index < -0.39 is 0 Å². The number of amides is 1. The number of nitrogens with one attached hydrogen (secondary N) is 1. The number of hydrogen-bond acceptors (Lipinski definition) is 5. The first kappa shape index (κ1) is 21.6. The average Bonchev–Trinajstić information content (AvgIpc) is 3.64. The van der Waals surface area contributed by atoms with E-state index in [0.29, 0.717) is 24.1 Å². The molecule has 2 heterocycles. The van der Waals surface area contributed by atoms with Gasteiger partial charge in [0.15, 0.2) is 5.69 Å². The number of likely N-dealkylation sites (tertiary alicyclic amines) is 1. The molecule has 2 aliphatic rings. The third kappa shape index (κ3) is 5.57. The predicted molar refractivity (Wildman–Crippen MR) is 127 cm³/mol. The summed E-state index contributed by atoms with van der Waals surface area (Å²) in [5.74, 6) is 1.69. The Hall–Kier alpha value is -3.25. The molecule has 2 aromatic carbocycles. The Balaban J connectivity index is 1.12. The van der Waals surface area contributed by atoms with E-state index in [1.165, 1.54) is 18.4 Å². The Kier molecular flexibility index (Phi) is 6.35.